The van der Waals surface area contributed by atoms with Gasteiger partial charge in [0, 0.05) is 62.1 Å². The lowest BCUT2D eigenvalue weighted by molar-refractivity contribution is -0.127. The second kappa shape index (κ2) is 8.66. The molecule has 0 unspecified atom stereocenters. The highest BCUT2D eigenvalue weighted by molar-refractivity contribution is 5.96. The Bertz CT molecular complexity index is 1270. The minimum absolute atomic E-state index is 0.163. The zero-order chi connectivity index (χ0) is 23.2. The average Bonchev–Trinajstić information content (AvgIpc) is 3.57. The van der Waals surface area contributed by atoms with E-state index in [9.17, 15) is 9.18 Å². The normalized spacial score (nSPS) is 20.4. The van der Waals surface area contributed by atoms with E-state index in [4.69, 9.17) is 4.74 Å². The van der Waals surface area contributed by atoms with Crippen LogP contribution in [-0.4, -0.2) is 47.9 Å². The molecular weight excluding hydrogens is 429 g/mol. The first-order valence-electron chi connectivity index (χ1n) is 12.4. The van der Waals surface area contributed by atoms with Crippen LogP contribution in [0.3, 0.4) is 0 Å². The number of hydrogen-bond donors (Lipinski definition) is 0. The summed E-state index contributed by atoms with van der Waals surface area (Å²) in [6.45, 7) is 5.58. The summed E-state index contributed by atoms with van der Waals surface area (Å²) in [4.78, 5) is 18.5. The zero-order valence-corrected chi connectivity index (χ0v) is 19.6. The number of amides is 1. The molecule has 2 saturated heterocycles. The van der Waals surface area contributed by atoms with E-state index in [0.717, 1.165) is 69.7 Å². The molecule has 0 saturated carbocycles. The number of nitrogens with zero attached hydrogens (tertiary/aromatic N) is 3. The fraction of sp³-hybridized carbons (Fsp3) is 0.429. The number of carbonyl (C=O) groups is 1. The van der Waals surface area contributed by atoms with Crippen molar-refractivity contribution < 1.29 is 13.9 Å². The monoisotopic (exact) mass is 459 g/mol. The number of aliphatic imine (C=N–C) groups is 1. The van der Waals surface area contributed by atoms with E-state index in [-0.39, 0.29) is 11.7 Å². The van der Waals surface area contributed by atoms with E-state index in [2.05, 4.69) is 21.7 Å². The smallest absolute Gasteiger partial charge is 0.219 e. The summed E-state index contributed by atoms with van der Waals surface area (Å²) in [5, 5.41) is 1.27. The van der Waals surface area contributed by atoms with E-state index >= 15 is 0 Å². The minimum atomic E-state index is -0.226. The Morgan fingerprint density at radius 2 is 1.94 bits per heavy atom. The molecule has 0 radical (unpaired) electrons. The lowest BCUT2D eigenvalue weighted by Crippen LogP contribution is -2.26. The van der Waals surface area contributed by atoms with E-state index in [1.807, 2.05) is 23.2 Å². The van der Waals surface area contributed by atoms with Gasteiger partial charge in [0.1, 0.15) is 5.82 Å². The Morgan fingerprint density at radius 3 is 2.68 bits per heavy atom. The molecule has 0 spiro atoms. The number of aromatic nitrogens is 1. The Balaban J connectivity index is 1.55. The van der Waals surface area contributed by atoms with Gasteiger partial charge in [0.2, 0.25) is 5.91 Å². The molecule has 1 amide bonds. The third kappa shape index (κ3) is 3.74. The number of fused-ring (bicyclic) bond motifs is 2. The van der Waals surface area contributed by atoms with Crippen molar-refractivity contribution >= 4 is 23.0 Å². The Labute approximate surface area is 199 Å². The largest absolute Gasteiger partial charge is 0.381 e. The van der Waals surface area contributed by atoms with Crippen LogP contribution in [0.4, 0.5) is 4.39 Å². The number of ether oxygens (including phenoxy) is 1. The molecule has 6 rings (SSSR count). The van der Waals surface area contributed by atoms with Gasteiger partial charge in [-0.05, 0) is 84.7 Å². The van der Waals surface area contributed by atoms with Crippen LogP contribution >= 0.6 is 0 Å². The zero-order valence-electron chi connectivity index (χ0n) is 19.6. The molecule has 0 N–H and O–H groups in total. The van der Waals surface area contributed by atoms with Gasteiger partial charge in [-0.1, -0.05) is 0 Å². The van der Waals surface area contributed by atoms with Gasteiger partial charge in [0.25, 0.3) is 0 Å². The summed E-state index contributed by atoms with van der Waals surface area (Å²) in [7, 11) is 0. The molecule has 4 heterocycles. The molecule has 5 nitrogen and oxygen atoms in total. The van der Waals surface area contributed by atoms with Crippen molar-refractivity contribution in [1.29, 1.82) is 0 Å². The average molecular weight is 460 g/mol. The fourth-order valence-corrected chi connectivity index (χ4v) is 6.03. The van der Waals surface area contributed by atoms with E-state index in [1.54, 1.807) is 19.1 Å². The topological polar surface area (TPSA) is 46.8 Å². The van der Waals surface area contributed by atoms with Crippen molar-refractivity contribution in [2.24, 2.45) is 10.9 Å². The van der Waals surface area contributed by atoms with Gasteiger partial charge in [-0.2, -0.15) is 0 Å². The SMILES string of the molecule is CC(=O)N1CC[C@@H](Cc2c(C3CCOCC3)n(-c3ccc(F)cc3)c3cc4c(cc23)CN=C4)C1. The molecule has 1 aromatic heterocycles. The minimum Gasteiger partial charge on any atom is -0.381 e. The number of rotatable bonds is 4. The first-order valence-corrected chi connectivity index (χ1v) is 12.4. The molecule has 2 fully saturated rings. The summed E-state index contributed by atoms with van der Waals surface area (Å²) < 4.78 is 21.9. The maximum absolute atomic E-state index is 13.9. The number of hydrogen-bond acceptors (Lipinski definition) is 3. The van der Waals surface area contributed by atoms with Crippen molar-refractivity contribution in [2.45, 2.75) is 45.1 Å². The molecule has 176 valence electrons. The van der Waals surface area contributed by atoms with E-state index in [1.165, 1.54) is 27.8 Å². The van der Waals surface area contributed by atoms with Crippen molar-refractivity contribution in [2.75, 3.05) is 26.3 Å². The van der Waals surface area contributed by atoms with Crippen LogP contribution in [0.2, 0.25) is 0 Å². The number of halogens is 1. The van der Waals surface area contributed by atoms with Gasteiger partial charge >= 0.3 is 0 Å². The second-order valence-corrected chi connectivity index (χ2v) is 9.92. The molecule has 3 aliphatic heterocycles. The molecule has 3 aliphatic rings. The molecule has 6 heteroatoms. The Hall–Kier alpha value is -2.99. The summed E-state index contributed by atoms with van der Waals surface area (Å²) >= 11 is 0. The van der Waals surface area contributed by atoms with E-state index in [0.29, 0.717) is 11.8 Å². The molecule has 0 aliphatic carbocycles. The Kier molecular flexibility index (Phi) is 5.48. The first-order chi connectivity index (χ1) is 16.6. The summed E-state index contributed by atoms with van der Waals surface area (Å²) in [6.07, 6.45) is 5.91. The predicted octanol–water partition coefficient (Wildman–Crippen LogP) is 5.01. The van der Waals surface area contributed by atoms with Gasteiger partial charge in [-0.3, -0.25) is 9.79 Å². The van der Waals surface area contributed by atoms with Gasteiger partial charge in [0.05, 0.1) is 12.1 Å². The van der Waals surface area contributed by atoms with Gasteiger partial charge in [0.15, 0.2) is 0 Å². The fourth-order valence-electron chi connectivity index (χ4n) is 6.03. The number of carbonyl (C=O) groups excluding carboxylic acids is 1. The van der Waals surface area contributed by atoms with Crippen LogP contribution in [0.5, 0.6) is 0 Å². The molecule has 34 heavy (non-hydrogen) atoms. The van der Waals surface area contributed by atoms with Crippen molar-refractivity contribution in [3.05, 3.63) is 64.6 Å². The molecular formula is C28H30FN3O2. The summed E-state index contributed by atoms with van der Waals surface area (Å²) in [5.74, 6) is 0.765. The molecule has 0 bridgehead atoms. The lowest BCUT2D eigenvalue weighted by atomic mass is 9.88. The highest BCUT2D eigenvalue weighted by Crippen LogP contribution is 2.41. The predicted molar refractivity (Wildman–Crippen MR) is 131 cm³/mol. The summed E-state index contributed by atoms with van der Waals surface area (Å²) in [6, 6.07) is 11.4. The quantitative estimate of drug-likeness (QED) is 0.551. The summed E-state index contributed by atoms with van der Waals surface area (Å²) in [5.41, 5.74) is 7.31. The third-order valence-electron chi connectivity index (χ3n) is 7.78. The molecule has 1 atom stereocenters. The standard InChI is InChI=1S/C28H30FN3O2/c1-18(33)31-9-6-19(17-31)12-26-25-13-21-15-30-16-22(21)14-27(25)32(24-4-2-23(29)3-5-24)28(26)20-7-10-34-11-8-20/h2-5,13-14,16,19-20H,6-12,15,17H2,1H3/t19-/m0/s1. The van der Waals surface area contributed by atoms with E-state index < -0.39 is 0 Å². The number of benzene rings is 2. The van der Waals surface area contributed by atoms with Crippen LogP contribution in [0, 0.1) is 11.7 Å². The lowest BCUT2D eigenvalue weighted by Gasteiger charge is -2.26. The van der Waals surface area contributed by atoms with Crippen LogP contribution in [-0.2, 0) is 22.5 Å². The van der Waals surface area contributed by atoms with Gasteiger partial charge in [-0.25, -0.2) is 4.39 Å². The Morgan fingerprint density at radius 1 is 1.15 bits per heavy atom. The van der Waals surface area contributed by atoms with Crippen molar-refractivity contribution in [3.63, 3.8) is 0 Å². The molecule has 2 aromatic carbocycles. The second-order valence-electron chi connectivity index (χ2n) is 9.92. The maximum atomic E-state index is 13.9. The van der Waals surface area contributed by atoms with Gasteiger partial charge in [-0.15, -0.1) is 0 Å². The third-order valence-corrected chi connectivity index (χ3v) is 7.78. The highest BCUT2D eigenvalue weighted by atomic mass is 19.1. The first kappa shape index (κ1) is 21.5. The van der Waals surface area contributed by atoms with Crippen LogP contribution in [0.1, 0.15) is 54.5 Å². The van der Waals surface area contributed by atoms with Crippen LogP contribution in [0.15, 0.2) is 41.4 Å². The highest BCUT2D eigenvalue weighted by Gasteiger charge is 2.31. The van der Waals surface area contributed by atoms with Crippen molar-refractivity contribution in [3.8, 4) is 5.69 Å². The van der Waals surface area contributed by atoms with Crippen LogP contribution in [0.25, 0.3) is 16.6 Å². The molecule has 3 aromatic rings. The number of likely N-dealkylation sites (tertiary alicyclic amines) is 1. The maximum Gasteiger partial charge on any atom is 0.219 e. The van der Waals surface area contributed by atoms with Crippen LogP contribution < -0.4 is 0 Å². The van der Waals surface area contributed by atoms with Crippen molar-refractivity contribution in [1.82, 2.24) is 9.47 Å². The van der Waals surface area contributed by atoms with Gasteiger partial charge < -0.3 is 14.2 Å².